The Bertz CT molecular complexity index is 1050. The summed E-state index contributed by atoms with van der Waals surface area (Å²) in [5.74, 6) is -1.09. The number of halogens is 1. The lowest BCUT2D eigenvalue weighted by Gasteiger charge is -2.39. The van der Waals surface area contributed by atoms with Crippen molar-refractivity contribution >= 4 is 28.7 Å². The monoisotopic (exact) mass is 410 g/mol. The number of benzene rings is 1. The van der Waals surface area contributed by atoms with Gasteiger partial charge in [0.25, 0.3) is 5.91 Å². The third-order valence-electron chi connectivity index (χ3n) is 5.39. The number of thiophene rings is 1. The van der Waals surface area contributed by atoms with E-state index >= 15 is 0 Å². The molecule has 1 aromatic carbocycles. The molecule has 0 bridgehead atoms. The Hall–Kier alpha value is -2.73. The number of allylic oxidation sites excluding steroid dienone is 3. The van der Waals surface area contributed by atoms with E-state index in [-0.39, 0.29) is 17.1 Å². The predicted octanol–water partition coefficient (Wildman–Crippen LogP) is 5.13. The molecule has 0 radical (unpaired) electrons. The molecule has 2 N–H and O–H groups in total. The largest absolute Gasteiger partial charge is 0.362 e. The molecule has 4 nitrogen and oxygen atoms in total. The first-order valence-corrected chi connectivity index (χ1v) is 10.5. The van der Waals surface area contributed by atoms with Crippen LogP contribution in [0.25, 0.3) is 0 Å². The Kier molecular flexibility index (Phi) is 4.90. The molecular weight excluding hydrogens is 387 g/mol. The van der Waals surface area contributed by atoms with Crippen LogP contribution in [0.3, 0.4) is 0 Å². The highest BCUT2D eigenvalue weighted by atomic mass is 32.1. The molecule has 29 heavy (non-hydrogen) atoms. The minimum atomic E-state index is -0.417. The molecule has 2 aliphatic rings. The van der Waals surface area contributed by atoms with Crippen LogP contribution in [0.5, 0.6) is 0 Å². The fourth-order valence-electron chi connectivity index (χ4n) is 4.24. The summed E-state index contributed by atoms with van der Waals surface area (Å²) in [5, 5.41) is 8.08. The predicted molar refractivity (Wildman–Crippen MR) is 113 cm³/mol. The zero-order valence-corrected chi connectivity index (χ0v) is 17.5. The standard InChI is InChI=1S/C23H23FN2O2S/c1-13-19(22(28)26-15-7-4-6-14(24)10-15)21(18-8-5-9-29-18)20-16(25-13)11-23(2,3)12-17(20)27/h4-10,21,25H,11-12H2,1-3H3,(H,26,28). The molecule has 150 valence electrons. The number of dihydropyridines is 1. The number of rotatable bonds is 3. The van der Waals surface area contributed by atoms with Gasteiger partial charge in [0.05, 0.1) is 5.92 Å². The van der Waals surface area contributed by atoms with Gasteiger partial charge in [0, 0.05) is 39.5 Å². The van der Waals surface area contributed by atoms with Gasteiger partial charge in [-0.25, -0.2) is 4.39 Å². The van der Waals surface area contributed by atoms with Crippen molar-refractivity contribution in [1.29, 1.82) is 0 Å². The molecule has 2 heterocycles. The van der Waals surface area contributed by atoms with Gasteiger partial charge < -0.3 is 10.6 Å². The second-order valence-electron chi connectivity index (χ2n) is 8.41. The molecule has 1 amide bonds. The first kappa shape index (κ1) is 19.6. The zero-order valence-electron chi connectivity index (χ0n) is 16.6. The molecule has 1 aliphatic heterocycles. The van der Waals surface area contributed by atoms with Crippen molar-refractivity contribution in [3.8, 4) is 0 Å². The van der Waals surface area contributed by atoms with E-state index in [0.29, 0.717) is 23.3 Å². The Morgan fingerprint density at radius 3 is 2.72 bits per heavy atom. The maximum atomic E-state index is 13.6. The third kappa shape index (κ3) is 3.77. The molecule has 1 aromatic heterocycles. The van der Waals surface area contributed by atoms with E-state index in [0.717, 1.165) is 22.7 Å². The summed E-state index contributed by atoms with van der Waals surface area (Å²) in [6.07, 6.45) is 1.21. The molecule has 0 spiro atoms. The van der Waals surface area contributed by atoms with Crippen LogP contribution in [0, 0.1) is 11.2 Å². The average Bonchev–Trinajstić information content (AvgIpc) is 3.13. The summed E-state index contributed by atoms with van der Waals surface area (Å²) in [5.41, 5.74) is 3.08. The van der Waals surface area contributed by atoms with Crippen molar-refractivity contribution in [3.05, 3.63) is 75.0 Å². The van der Waals surface area contributed by atoms with Crippen molar-refractivity contribution in [1.82, 2.24) is 5.32 Å². The Morgan fingerprint density at radius 1 is 1.24 bits per heavy atom. The van der Waals surface area contributed by atoms with Crippen molar-refractivity contribution in [2.24, 2.45) is 5.41 Å². The van der Waals surface area contributed by atoms with Crippen LogP contribution >= 0.6 is 11.3 Å². The summed E-state index contributed by atoms with van der Waals surface area (Å²) in [4.78, 5) is 27.3. The normalized spacial score (nSPS) is 21.0. The summed E-state index contributed by atoms with van der Waals surface area (Å²) < 4.78 is 13.6. The van der Waals surface area contributed by atoms with Crippen LogP contribution in [0.15, 0.2) is 64.3 Å². The van der Waals surface area contributed by atoms with E-state index in [2.05, 4.69) is 24.5 Å². The number of hydrogen-bond acceptors (Lipinski definition) is 4. The fraction of sp³-hybridized carbons (Fsp3) is 0.304. The molecule has 0 saturated heterocycles. The summed E-state index contributed by atoms with van der Waals surface area (Å²) in [6.45, 7) is 6.03. The van der Waals surface area contributed by atoms with Gasteiger partial charge in [0.2, 0.25) is 0 Å². The highest BCUT2D eigenvalue weighted by Gasteiger charge is 2.43. The maximum absolute atomic E-state index is 13.6. The zero-order chi connectivity index (χ0) is 20.8. The average molecular weight is 411 g/mol. The van der Waals surface area contributed by atoms with E-state index in [1.807, 2.05) is 24.4 Å². The molecule has 2 aromatic rings. The Labute approximate surface area is 173 Å². The topological polar surface area (TPSA) is 58.2 Å². The van der Waals surface area contributed by atoms with Gasteiger partial charge in [-0.15, -0.1) is 11.3 Å². The van der Waals surface area contributed by atoms with Gasteiger partial charge in [-0.1, -0.05) is 26.0 Å². The lowest BCUT2D eigenvalue weighted by atomic mass is 9.69. The Balaban J connectivity index is 1.77. The smallest absolute Gasteiger partial charge is 0.254 e. The number of amides is 1. The highest BCUT2D eigenvalue weighted by molar-refractivity contribution is 7.10. The minimum absolute atomic E-state index is 0.0747. The third-order valence-corrected chi connectivity index (χ3v) is 6.33. The summed E-state index contributed by atoms with van der Waals surface area (Å²) in [7, 11) is 0. The minimum Gasteiger partial charge on any atom is -0.362 e. The number of anilines is 1. The SMILES string of the molecule is CC1=C(C(=O)Nc2cccc(F)c2)C(c2cccs2)C2=C(CC(C)(C)CC2=O)N1. The highest BCUT2D eigenvalue weighted by Crippen LogP contribution is 2.47. The lowest BCUT2D eigenvalue weighted by molar-refractivity contribution is -0.118. The van der Waals surface area contributed by atoms with Gasteiger partial charge in [-0.05, 0) is 48.4 Å². The first-order valence-electron chi connectivity index (χ1n) is 9.59. The molecule has 1 unspecified atom stereocenters. The summed E-state index contributed by atoms with van der Waals surface area (Å²) in [6, 6.07) is 9.69. The van der Waals surface area contributed by atoms with Gasteiger partial charge in [-0.3, -0.25) is 9.59 Å². The van der Waals surface area contributed by atoms with E-state index in [1.54, 1.807) is 12.1 Å². The van der Waals surface area contributed by atoms with E-state index in [9.17, 15) is 14.0 Å². The number of carbonyl (C=O) groups excluding carboxylic acids is 2. The quantitative estimate of drug-likeness (QED) is 0.738. The Morgan fingerprint density at radius 2 is 2.03 bits per heavy atom. The molecular formula is C23H23FN2O2S. The van der Waals surface area contributed by atoms with Crippen LogP contribution in [-0.4, -0.2) is 11.7 Å². The maximum Gasteiger partial charge on any atom is 0.254 e. The van der Waals surface area contributed by atoms with Crippen molar-refractivity contribution < 1.29 is 14.0 Å². The molecule has 1 atom stereocenters. The van der Waals surface area contributed by atoms with Crippen LogP contribution < -0.4 is 10.6 Å². The van der Waals surface area contributed by atoms with E-state index in [1.165, 1.54) is 23.5 Å². The van der Waals surface area contributed by atoms with Crippen molar-refractivity contribution in [3.63, 3.8) is 0 Å². The molecule has 1 aliphatic carbocycles. The second-order valence-corrected chi connectivity index (χ2v) is 9.39. The fourth-order valence-corrected chi connectivity index (χ4v) is 5.08. The van der Waals surface area contributed by atoms with Gasteiger partial charge in [0.15, 0.2) is 5.78 Å². The number of nitrogens with one attached hydrogen (secondary N) is 2. The van der Waals surface area contributed by atoms with Gasteiger partial charge in [0.1, 0.15) is 5.82 Å². The number of hydrogen-bond donors (Lipinski definition) is 2. The van der Waals surface area contributed by atoms with E-state index in [4.69, 9.17) is 0 Å². The second kappa shape index (κ2) is 7.26. The van der Waals surface area contributed by atoms with Crippen LogP contribution in [0.4, 0.5) is 10.1 Å². The van der Waals surface area contributed by atoms with Crippen molar-refractivity contribution in [2.75, 3.05) is 5.32 Å². The summed E-state index contributed by atoms with van der Waals surface area (Å²) >= 11 is 1.53. The van der Waals surface area contributed by atoms with Gasteiger partial charge in [-0.2, -0.15) is 0 Å². The van der Waals surface area contributed by atoms with E-state index < -0.39 is 11.7 Å². The number of ketones is 1. The van der Waals surface area contributed by atoms with Crippen LogP contribution in [0.1, 0.15) is 44.4 Å². The molecule has 6 heteroatoms. The molecule has 0 fully saturated rings. The lowest BCUT2D eigenvalue weighted by Crippen LogP contribution is -2.39. The molecule has 4 rings (SSSR count). The van der Waals surface area contributed by atoms with Gasteiger partial charge >= 0.3 is 0 Å². The van der Waals surface area contributed by atoms with Crippen LogP contribution in [-0.2, 0) is 9.59 Å². The van der Waals surface area contributed by atoms with Crippen LogP contribution in [0.2, 0.25) is 0 Å². The van der Waals surface area contributed by atoms with Crippen molar-refractivity contribution in [2.45, 2.75) is 39.5 Å². The molecule has 0 saturated carbocycles. The number of carbonyl (C=O) groups is 2. The number of Topliss-reactive ketones (excluding diaryl/α,β-unsaturated/α-hetero) is 1. The first-order chi connectivity index (χ1) is 13.7.